The zero-order chi connectivity index (χ0) is 21.7. The minimum atomic E-state index is -3.52. The maximum atomic E-state index is 12.7. The first-order valence-electron chi connectivity index (χ1n) is 9.33. The van der Waals surface area contributed by atoms with E-state index in [0.717, 1.165) is 17.5 Å². The van der Waals surface area contributed by atoms with Crippen molar-refractivity contribution >= 4 is 33.0 Å². The molecule has 1 N–H and O–H groups in total. The molecule has 0 unspecified atom stereocenters. The van der Waals surface area contributed by atoms with Crippen LogP contribution in [0.25, 0.3) is 0 Å². The summed E-state index contributed by atoms with van der Waals surface area (Å²) in [5.74, 6) is -0.685. The van der Waals surface area contributed by atoms with E-state index < -0.39 is 15.7 Å². The number of nitrogens with one attached hydrogen (secondary N) is 1. The Morgan fingerprint density at radius 2 is 1.63 bits per heavy atom. The van der Waals surface area contributed by atoms with E-state index in [-0.39, 0.29) is 23.2 Å². The average molecular weight is 426 g/mol. The van der Waals surface area contributed by atoms with Gasteiger partial charge in [-0.3, -0.25) is 9.59 Å². The van der Waals surface area contributed by atoms with Crippen molar-refractivity contribution in [3.8, 4) is 0 Å². The van der Waals surface area contributed by atoms with Crippen LogP contribution < -0.4 is 10.2 Å². The molecule has 3 aromatic rings. The molecule has 0 aliphatic heterocycles. The lowest BCUT2D eigenvalue weighted by molar-refractivity contribution is -0.117. The fraction of sp³-hybridized carbons (Fsp3) is 0.182. The van der Waals surface area contributed by atoms with Crippen molar-refractivity contribution in [1.29, 1.82) is 0 Å². The van der Waals surface area contributed by atoms with E-state index in [1.807, 2.05) is 37.3 Å². The lowest BCUT2D eigenvalue weighted by Gasteiger charge is -2.21. The van der Waals surface area contributed by atoms with Crippen molar-refractivity contribution in [1.82, 2.24) is 0 Å². The monoisotopic (exact) mass is 426 g/mol. The van der Waals surface area contributed by atoms with Crippen molar-refractivity contribution in [3.05, 3.63) is 78.1 Å². The number of anilines is 2. The number of nitrogens with zero attached hydrogens (tertiary/aromatic N) is 1. The van der Waals surface area contributed by atoms with Crippen LogP contribution in [0.3, 0.4) is 0 Å². The van der Waals surface area contributed by atoms with Crippen LogP contribution in [-0.4, -0.2) is 33.0 Å². The summed E-state index contributed by atoms with van der Waals surface area (Å²) in [5, 5.41) is 2.38. The second-order valence-electron chi connectivity index (χ2n) is 6.69. The highest BCUT2D eigenvalue weighted by Gasteiger charge is 2.17. The van der Waals surface area contributed by atoms with Gasteiger partial charge in [0.05, 0.1) is 6.42 Å². The number of carbonyl (C=O) groups excluding carboxylic acids is 2. The summed E-state index contributed by atoms with van der Waals surface area (Å²) in [7, 11) is -3.52. The van der Waals surface area contributed by atoms with Gasteiger partial charge in [-0.05, 0) is 48.9 Å². The van der Waals surface area contributed by atoms with Gasteiger partial charge in [0.2, 0.25) is 20.8 Å². The molecule has 3 rings (SSSR count). The zero-order valence-corrected chi connectivity index (χ0v) is 17.5. The second kappa shape index (κ2) is 8.96. The fourth-order valence-electron chi connectivity index (χ4n) is 2.92. The lowest BCUT2D eigenvalue weighted by Crippen LogP contribution is -2.31. The van der Waals surface area contributed by atoms with Crippen LogP contribution in [0, 0.1) is 0 Å². The Bertz CT molecular complexity index is 1140. The number of benzene rings is 2. The number of furan rings is 1. The van der Waals surface area contributed by atoms with E-state index in [2.05, 4.69) is 5.32 Å². The minimum Gasteiger partial charge on any atom is -0.440 e. The molecule has 2 aromatic carbocycles. The first-order chi connectivity index (χ1) is 14.3. The van der Waals surface area contributed by atoms with Crippen LogP contribution in [0.4, 0.5) is 11.4 Å². The third-order valence-corrected chi connectivity index (χ3v) is 5.37. The fourth-order valence-corrected chi connectivity index (χ4v) is 3.48. The summed E-state index contributed by atoms with van der Waals surface area (Å²) < 4.78 is 28.0. The molecule has 0 fully saturated rings. The molecule has 7 nitrogen and oxygen atoms in total. The van der Waals surface area contributed by atoms with Crippen LogP contribution in [0.5, 0.6) is 0 Å². The van der Waals surface area contributed by atoms with E-state index in [9.17, 15) is 18.0 Å². The van der Waals surface area contributed by atoms with Gasteiger partial charge >= 0.3 is 0 Å². The molecule has 0 aliphatic carbocycles. The van der Waals surface area contributed by atoms with Gasteiger partial charge in [-0.2, -0.15) is 0 Å². The molecule has 8 heteroatoms. The normalized spacial score (nSPS) is 11.1. The van der Waals surface area contributed by atoms with Crippen molar-refractivity contribution in [2.45, 2.75) is 18.4 Å². The molecule has 0 saturated carbocycles. The predicted molar refractivity (Wildman–Crippen MR) is 114 cm³/mol. The molecule has 0 aliphatic rings. The van der Waals surface area contributed by atoms with Crippen LogP contribution >= 0.6 is 0 Å². The Morgan fingerprint density at radius 1 is 0.967 bits per heavy atom. The van der Waals surface area contributed by atoms with Crippen molar-refractivity contribution in [2.75, 3.05) is 23.0 Å². The number of para-hydroxylation sites is 1. The molecule has 30 heavy (non-hydrogen) atoms. The number of amides is 2. The van der Waals surface area contributed by atoms with Gasteiger partial charge in [-0.15, -0.1) is 0 Å². The Labute approximate surface area is 175 Å². The van der Waals surface area contributed by atoms with Crippen molar-refractivity contribution < 1.29 is 22.4 Å². The first-order valence-corrected chi connectivity index (χ1v) is 11.2. The Morgan fingerprint density at radius 3 is 2.20 bits per heavy atom. The highest BCUT2D eigenvalue weighted by atomic mass is 32.2. The predicted octanol–water partition coefficient (Wildman–Crippen LogP) is 3.53. The van der Waals surface area contributed by atoms with Gasteiger partial charge in [-0.1, -0.05) is 30.3 Å². The average Bonchev–Trinajstić information content (AvgIpc) is 3.22. The number of rotatable bonds is 7. The van der Waals surface area contributed by atoms with E-state index in [1.165, 1.54) is 12.1 Å². The highest BCUT2D eigenvalue weighted by molar-refractivity contribution is 7.90. The molecule has 0 radical (unpaired) electrons. The zero-order valence-electron chi connectivity index (χ0n) is 16.7. The number of hydrogen-bond donors (Lipinski definition) is 1. The summed E-state index contributed by atoms with van der Waals surface area (Å²) in [6.45, 7) is 2.49. The van der Waals surface area contributed by atoms with Gasteiger partial charge in [0, 0.05) is 24.2 Å². The van der Waals surface area contributed by atoms with E-state index >= 15 is 0 Å². The standard InChI is InChI=1S/C22H22N2O5S/c1-3-24(18-7-5-4-6-8-18)20(25)15-16-9-11-17(12-10-16)23-22(26)19-13-14-21(29-19)30(2,27)28/h4-14H,3,15H2,1-2H3,(H,23,26). The molecule has 156 valence electrons. The SMILES string of the molecule is CCN(C(=O)Cc1ccc(NC(=O)c2ccc(S(C)(=O)=O)o2)cc1)c1ccccc1. The molecule has 1 aromatic heterocycles. The molecule has 0 atom stereocenters. The quantitative estimate of drug-likeness (QED) is 0.623. The number of hydrogen-bond acceptors (Lipinski definition) is 5. The van der Waals surface area contributed by atoms with E-state index in [4.69, 9.17) is 4.42 Å². The van der Waals surface area contributed by atoms with E-state index in [0.29, 0.717) is 12.2 Å². The largest absolute Gasteiger partial charge is 0.440 e. The van der Waals surface area contributed by atoms with Crippen LogP contribution in [-0.2, 0) is 21.1 Å². The molecule has 2 amide bonds. The lowest BCUT2D eigenvalue weighted by atomic mass is 10.1. The highest BCUT2D eigenvalue weighted by Crippen LogP contribution is 2.18. The molecular formula is C22H22N2O5S. The Hall–Kier alpha value is -3.39. The van der Waals surface area contributed by atoms with Crippen LogP contribution in [0.2, 0.25) is 0 Å². The summed E-state index contributed by atoms with van der Waals surface area (Å²) in [6.07, 6.45) is 1.23. The summed E-state index contributed by atoms with van der Waals surface area (Å²) in [4.78, 5) is 26.6. The van der Waals surface area contributed by atoms with E-state index in [1.54, 1.807) is 29.2 Å². The Kier molecular flexibility index (Phi) is 6.37. The third-order valence-electron chi connectivity index (χ3n) is 4.42. The molecular weight excluding hydrogens is 404 g/mol. The molecule has 0 spiro atoms. The summed E-state index contributed by atoms with van der Waals surface area (Å²) >= 11 is 0. The molecule has 0 saturated heterocycles. The minimum absolute atomic E-state index is 0.0237. The van der Waals surface area contributed by atoms with Crippen molar-refractivity contribution in [3.63, 3.8) is 0 Å². The van der Waals surface area contributed by atoms with Gasteiger partial charge in [0.15, 0.2) is 5.76 Å². The van der Waals surface area contributed by atoms with Crippen molar-refractivity contribution in [2.24, 2.45) is 0 Å². The number of likely N-dealkylation sites (N-methyl/N-ethyl adjacent to an activating group) is 1. The maximum Gasteiger partial charge on any atom is 0.291 e. The smallest absolute Gasteiger partial charge is 0.291 e. The molecule has 0 bridgehead atoms. The summed E-state index contributed by atoms with van der Waals surface area (Å²) in [5.41, 5.74) is 2.16. The summed E-state index contributed by atoms with van der Waals surface area (Å²) in [6, 6.07) is 18.9. The van der Waals surface area contributed by atoms with Gasteiger partial charge in [0.1, 0.15) is 0 Å². The van der Waals surface area contributed by atoms with Crippen LogP contribution in [0.1, 0.15) is 23.0 Å². The van der Waals surface area contributed by atoms with Crippen LogP contribution in [0.15, 0.2) is 76.2 Å². The number of sulfone groups is 1. The first kappa shape index (κ1) is 21.3. The van der Waals surface area contributed by atoms with Gasteiger partial charge in [0.25, 0.3) is 5.91 Å². The van der Waals surface area contributed by atoms with Gasteiger partial charge < -0.3 is 14.6 Å². The molecule has 1 heterocycles. The Balaban J connectivity index is 1.64. The third kappa shape index (κ3) is 5.15. The second-order valence-corrected chi connectivity index (χ2v) is 8.64. The number of carbonyl (C=O) groups is 2. The maximum absolute atomic E-state index is 12.7. The topological polar surface area (TPSA) is 96.7 Å². The van der Waals surface area contributed by atoms with Gasteiger partial charge in [-0.25, -0.2) is 8.42 Å².